The van der Waals surface area contributed by atoms with Crippen LogP contribution in [0.15, 0.2) is 0 Å². The van der Waals surface area contributed by atoms with Gasteiger partial charge in [-0.2, -0.15) is 5.06 Å². The number of rotatable bonds is 10. The molecular formula is C24H45NO6Si2. The maximum Gasteiger partial charge on any atom is 0.340 e. The summed E-state index contributed by atoms with van der Waals surface area (Å²) in [7, 11) is -3.56. The summed E-state index contributed by atoms with van der Waals surface area (Å²) in [6.45, 7) is 20.1. The van der Waals surface area contributed by atoms with E-state index in [1.54, 1.807) is 0 Å². The molecule has 4 heterocycles. The van der Waals surface area contributed by atoms with Crippen molar-refractivity contribution in [1.29, 1.82) is 0 Å². The van der Waals surface area contributed by atoms with Gasteiger partial charge in [-0.3, -0.25) is 4.84 Å². The van der Waals surface area contributed by atoms with Gasteiger partial charge in [-0.15, -0.1) is 0 Å². The summed E-state index contributed by atoms with van der Waals surface area (Å²) in [6, 6.07) is 3.39. The molecule has 9 heteroatoms. The van der Waals surface area contributed by atoms with Gasteiger partial charge in [0.15, 0.2) is 22.7 Å². The molecule has 4 rings (SSSR count). The highest BCUT2D eigenvalue weighted by Crippen LogP contribution is 2.65. The number of esters is 1. The lowest BCUT2D eigenvalue weighted by Gasteiger charge is -2.38. The van der Waals surface area contributed by atoms with Crippen molar-refractivity contribution in [3.63, 3.8) is 0 Å². The molecular weight excluding hydrogens is 454 g/mol. The van der Waals surface area contributed by atoms with E-state index in [1.165, 1.54) is 0 Å². The van der Waals surface area contributed by atoms with Crippen LogP contribution in [0, 0.1) is 5.41 Å². The Kier molecular flexibility index (Phi) is 6.78. The lowest BCUT2D eigenvalue weighted by atomic mass is 9.65. The van der Waals surface area contributed by atoms with E-state index in [0.717, 1.165) is 37.4 Å². The number of hydrogen-bond acceptors (Lipinski definition) is 7. The number of carbonyl (C=O) groups is 1. The normalized spacial score (nSPS) is 36.4. The average Bonchev–Trinajstić information content (AvgIpc) is 3.40. The first-order chi connectivity index (χ1) is 15.4. The van der Waals surface area contributed by atoms with Crippen molar-refractivity contribution in [2.45, 2.75) is 121 Å². The predicted octanol–water partition coefficient (Wildman–Crippen LogP) is 4.84. The molecule has 0 amide bonds. The quantitative estimate of drug-likeness (QED) is 0.242. The predicted molar refractivity (Wildman–Crippen MR) is 132 cm³/mol. The van der Waals surface area contributed by atoms with Crippen LogP contribution < -0.4 is 0 Å². The second-order valence-electron chi connectivity index (χ2n) is 12.1. The van der Waals surface area contributed by atoms with Gasteiger partial charge < -0.3 is 18.3 Å². The summed E-state index contributed by atoms with van der Waals surface area (Å²) in [4.78, 5) is 19.1. The Morgan fingerprint density at radius 2 is 1.82 bits per heavy atom. The molecule has 0 aromatic carbocycles. The molecule has 33 heavy (non-hydrogen) atoms. The van der Waals surface area contributed by atoms with Crippen molar-refractivity contribution >= 4 is 22.6 Å². The van der Waals surface area contributed by atoms with Crippen molar-refractivity contribution in [3.8, 4) is 0 Å². The molecule has 0 N–H and O–H groups in total. The minimum atomic E-state index is -1.81. The Balaban J connectivity index is 1.51. The molecule has 4 saturated heterocycles. The number of ether oxygens (including phenoxy) is 2. The van der Waals surface area contributed by atoms with Crippen LogP contribution in [-0.2, 0) is 28.0 Å². The molecule has 0 aromatic rings. The van der Waals surface area contributed by atoms with E-state index < -0.39 is 34.4 Å². The summed E-state index contributed by atoms with van der Waals surface area (Å²) in [5.74, 6) is -0.282. The fraction of sp³-hybridized carbons (Fsp3) is 0.958. The van der Waals surface area contributed by atoms with Gasteiger partial charge in [0.2, 0.25) is 6.29 Å². The Morgan fingerprint density at radius 1 is 1.15 bits per heavy atom. The molecule has 4 fully saturated rings. The molecule has 1 spiro atoms. The summed E-state index contributed by atoms with van der Waals surface area (Å²) < 4.78 is 25.2. The average molecular weight is 500 g/mol. The van der Waals surface area contributed by atoms with Gasteiger partial charge in [0.25, 0.3) is 0 Å². The van der Waals surface area contributed by atoms with Gasteiger partial charge in [0.05, 0.1) is 23.7 Å². The van der Waals surface area contributed by atoms with Gasteiger partial charge in [-0.25, -0.2) is 4.79 Å². The fourth-order valence-electron chi connectivity index (χ4n) is 6.29. The molecule has 0 unspecified atom stereocenters. The Labute approximate surface area is 202 Å². The highest BCUT2D eigenvalue weighted by atomic mass is 28.4. The third-order valence-corrected chi connectivity index (χ3v) is 18.9. The molecule has 7 nitrogen and oxygen atoms in total. The van der Waals surface area contributed by atoms with Crippen LogP contribution in [0.3, 0.4) is 0 Å². The molecule has 190 valence electrons. The molecule has 4 aliphatic rings. The van der Waals surface area contributed by atoms with Crippen LogP contribution in [-0.4, -0.2) is 71.5 Å². The van der Waals surface area contributed by atoms with Crippen molar-refractivity contribution in [1.82, 2.24) is 5.06 Å². The smallest absolute Gasteiger partial charge is 0.340 e. The lowest BCUT2D eigenvalue weighted by Crippen LogP contribution is -2.53. The minimum absolute atomic E-state index is 0.121. The van der Waals surface area contributed by atoms with E-state index >= 15 is 0 Å². The minimum Gasteiger partial charge on any atom is -0.433 e. The molecule has 0 aliphatic carbocycles. The first-order valence-corrected chi connectivity index (χ1v) is 18.4. The van der Waals surface area contributed by atoms with Crippen molar-refractivity contribution in [2.75, 3.05) is 19.8 Å². The van der Waals surface area contributed by atoms with E-state index in [-0.39, 0.29) is 22.7 Å². The Morgan fingerprint density at radius 3 is 2.42 bits per heavy atom. The summed E-state index contributed by atoms with van der Waals surface area (Å²) in [5.41, 5.74) is -0.834. The third-order valence-electron chi connectivity index (χ3n) is 9.66. The number of nitrogens with zero attached hydrogens (tertiary/aromatic N) is 1. The lowest BCUT2D eigenvalue weighted by molar-refractivity contribution is -0.188. The van der Waals surface area contributed by atoms with Crippen LogP contribution in [0.2, 0.25) is 36.3 Å². The van der Waals surface area contributed by atoms with Gasteiger partial charge in [-0.1, -0.05) is 41.5 Å². The summed E-state index contributed by atoms with van der Waals surface area (Å²) in [6.07, 6.45) is 1.51. The maximum atomic E-state index is 12.7. The molecule has 0 bridgehead atoms. The number of hydroxylamine groups is 2. The first kappa shape index (κ1) is 25.8. The van der Waals surface area contributed by atoms with E-state index in [1.807, 2.05) is 0 Å². The zero-order valence-corrected chi connectivity index (χ0v) is 24.0. The van der Waals surface area contributed by atoms with Gasteiger partial charge in [0.1, 0.15) is 0 Å². The van der Waals surface area contributed by atoms with Crippen LogP contribution in [0.25, 0.3) is 0 Å². The monoisotopic (exact) mass is 499 g/mol. The zero-order valence-electron chi connectivity index (χ0n) is 22.0. The highest BCUT2D eigenvalue weighted by molar-refractivity contribution is 6.74. The van der Waals surface area contributed by atoms with Crippen LogP contribution in [0.1, 0.15) is 60.8 Å². The van der Waals surface area contributed by atoms with Gasteiger partial charge >= 0.3 is 5.97 Å². The second kappa shape index (κ2) is 8.67. The van der Waals surface area contributed by atoms with Crippen molar-refractivity contribution < 1.29 is 28.0 Å². The molecule has 5 atom stereocenters. The highest BCUT2D eigenvalue weighted by Gasteiger charge is 2.81. The van der Waals surface area contributed by atoms with Crippen LogP contribution >= 0.6 is 0 Å². The number of carbonyl (C=O) groups excluding carboxylic acids is 1. The molecule has 4 aliphatic heterocycles. The largest absolute Gasteiger partial charge is 0.433 e. The Hall–Kier alpha value is -0.296. The fourth-order valence-corrected chi connectivity index (χ4v) is 10.2. The third kappa shape index (κ3) is 3.81. The molecule has 0 aromatic heterocycles. The van der Waals surface area contributed by atoms with Crippen molar-refractivity contribution in [3.05, 3.63) is 0 Å². The van der Waals surface area contributed by atoms with E-state index in [0.29, 0.717) is 19.8 Å². The topological polar surface area (TPSA) is 66.5 Å². The Bertz CT molecular complexity index is 745. The second-order valence-corrected chi connectivity index (χ2v) is 21.6. The van der Waals surface area contributed by atoms with Crippen molar-refractivity contribution in [2.24, 2.45) is 5.41 Å². The number of hydrogen-bond donors (Lipinski definition) is 0. The maximum absolute atomic E-state index is 12.7. The van der Waals surface area contributed by atoms with Crippen LogP contribution in [0.4, 0.5) is 0 Å². The molecule has 0 radical (unpaired) electrons. The zero-order chi connectivity index (χ0) is 24.3. The summed E-state index contributed by atoms with van der Waals surface area (Å²) >= 11 is 0. The van der Waals surface area contributed by atoms with Gasteiger partial charge in [0, 0.05) is 13.2 Å². The molecule has 0 saturated carbocycles. The van der Waals surface area contributed by atoms with Crippen LogP contribution in [0.5, 0.6) is 0 Å². The van der Waals surface area contributed by atoms with Gasteiger partial charge in [-0.05, 0) is 55.5 Å². The van der Waals surface area contributed by atoms with E-state index in [2.05, 4.69) is 59.7 Å². The first-order valence-electron chi connectivity index (χ1n) is 13.0. The SMILES string of the molecule is CC[Si](CC)(CC)O[C@H]1CN2O[C@@H]3C(=O)O[C@@H]4OC[C@@]2(C1)[C@@]43CCCO[Si](C)(C)C(C)(C)C. The van der Waals surface area contributed by atoms with E-state index in [9.17, 15) is 4.79 Å². The van der Waals surface area contributed by atoms with E-state index in [4.69, 9.17) is 23.2 Å². The summed E-state index contributed by atoms with van der Waals surface area (Å²) in [5, 5.41) is 2.23. The standard InChI is InChI=1S/C24H45NO6Si2/c1-9-33(10-2,11-3)31-18-15-23-17-27-21-24(23,19(20(26)29-21)30-25(23)16-18)13-12-14-28-32(7,8)22(4,5)6/h18-19,21H,9-17H2,1-8H3/t18-,19-,21+,23+,24-/m1/s1.